The van der Waals surface area contributed by atoms with E-state index in [2.05, 4.69) is 39.2 Å². The number of benzene rings is 1. The number of pyridine rings is 1. The summed E-state index contributed by atoms with van der Waals surface area (Å²) in [7, 11) is 0. The lowest BCUT2D eigenvalue weighted by atomic mass is 10.1. The number of amides is 1. The molecule has 166 valence electrons. The SMILES string of the molecule is CCc1ccc(-c2csc(NC(=O)COC(=O)c3ccc(N4CCOCC4)nc3)n2)cc1. The molecule has 1 aliphatic heterocycles. The van der Waals surface area contributed by atoms with E-state index in [1.54, 1.807) is 12.1 Å². The van der Waals surface area contributed by atoms with E-state index in [1.807, 2.05) is 17.5 Å². The zero-order valence-electron chi connectivity index (χ0n) is 17.7. The largest absolute Gasteiger partial charge is 0.452 e. The molecule has 0 spiro atoms. The van der Waals surface area contributed by atoms with Crippen LogP contribution in [0.3, 0.4) is 0 Å². The Morgan fingerprint density at radius 1 is 1.16 bits per heavy atom. The zero-order valence-corrected chi connectivity index (χ0v) is 18.6. The van der Waals surface area contributed by atoms with Gasteiger partial charge >= 0.3 is 5.97 Å². The molecule has 32 heavy (non-hydrogen) atoms. The molecule has 1 fully saturated rings. The molecule has 0 saturated carbocycles. The Balaban J connectivity index is 1.27. The molecule has 0 atom stereocenters. The topological polar surface area (TPSA) is 93.7 Å². The van der Waals surface area contributed by atoms with Gasteiger partial charge in [-0.1, -0.05) is 31.2 Å². The number of esters is 1. The van der Waals surface area contributed by atoms with Gasteiger partial charge in [-0.05, 0) is 24.1 Å². The molecular formula is C23H24N4O4S. The third-order valence-electron chi connectivity index (χ3n) is 5.06. The maximum Gasteiger partial charge on any atom is 0.340 e. The number of hydrogen-bond donors (Lipinski definition) is 1. The Labute approximate surface area is 190 Å². The van der Waals surface area contributed by atoms with Crippen LogP contribution in [0, 0.1) is 0 Å². The van der Waals surface area contributed by atoms with Gasteiger partial charge in [-0.15, -0.1) is 11.3 Å². The highest BCUT2D eigenvalue weighted by molar-refractivity contribution is 7.14. The fourth-order valence-corrected chi connectivity index (χ4v) is 3.97. The highest BCUT2D eigenvalue weighted by Crippen LogP contribution is 2.25. The van der Waals surface area contributed by atoms with Crippen LogP contribution >= 0.6 is 11.3 Å². The minimum atomic E-state index is -0.600. The van der Waals surface area contributed by atoms with Gasteiger partial charge in [0, 0.05) is 30.2 Å². The summed E-state index contributed by atoms with van der Waals surface area (Å²) in [6.07, 6.45) is 2.44. The van der Waals surface area contributed by atoms with Gasteiger partial charge in [-0.25, -0.2) is 14.8 Å². The van der Waals surface area contributed by atoms with Gasteiger partial charge in [0.15, 0.2) is 11.7 Å². The minimum absolute atomic E-state index is 0.293. The Kier molecular flexibility index (Phi) is 7.08. The number of carbonyl (C=O) groups excluding carboxylic acids is 2. The van der Waals surface area contributed by atoms with E-state index < -0.39 is 18.5 Å². The number of carbonyl (C=O) groups is 2. The summed E-state index contributed by atoms with van der Waals surface area (Å²) in [6.45, 7) is 4.55. The van der Waals surface area contributed by atoms with Crippen LogP contribution in [0.1, 0.15) is 22.8 Å². The van der Waals surface area contributed by atoms with Crippen molar-refractivity contribution >= 4 is 34.2 Å². The van der Waals surface area contributed by atoms with E-state index in [-0.39, 0.29) is 0 Å². The first-order valence-corrected chi connectivity index (χ1v) is 11.3. The van der Waals surface area contributed by atoms with Gasteiger partial charge in [0.25, 0.3) is 5.91 Å². The summed E-state index contributed by atoms with van der Waals surface area (Å²) in [5.74, 6) is -0.262. The molecule has 0 unspecified atom stereocenters. The molecule has 3 aromatic rings. The number of anilines is 2. The molecule has 3 heterocycles. The molecule has 0 aliphatic carbocycles. The van der Waals surface area contributed by atoms with E-state index in [0.29, 0.717) is 23.9 Å². The molecule has 1 aliphatic rings. The fraction of sp³-hybridized carbons (Fsp3) is 0.304. The van der Waals surface area contributed by atoms with Crippen molar-refractivity contribution in [3.63, 3.8) is 0 Å². The van der Waals surface area contributed by atoms with E-state index in [0.717, 1.165) is 36.6 Å². The number of aromatic nitrogens is 2. The molecule has 1 aromatic carbocycles. The third-order valence-corrected chi connectivity index (χ3v) is 5.82. The van der Waals surface area contributed by atoms with Gasteiger partial charge in [-0.3, -0.25) is 10.1 Å². The molecule has 8 nitrogen and oxygen atoms in total. The summed E-state index contributed by atoms with van der Waals surface area (Å²) < 4.78 is 10.4. The van der Waals surface area contributed by atoms with Crippen molar-refractivity contribution < 1.29 is 19.1 Å². The lowest BCUT2D eigenvalue weighted by molar-refractivity contribution is -0.119. The second-order valence-electron chi connectivity index (χ2n) is 7.22. The standard InChI is InChI=1S/C23H24N4O4S/c1-2-16-3-5-17(6-4-16)19-15-32-23(25-19)26-21(28)14-31-22(29)18-7-8-20(24-13-18)27-9-11-30-12-10-27/h3-8,13,15H,2,9-12,14H2,1H3,(H,25,26,28). The average molecular weight is 453 g/mol. The quantitative estimate of drug-likeness (QED) is 0.549. The normalized spacial score (nSPS) is 13.6. The first-order chi connectivity index (χ1) is 15.6. The predicted molar refractivity (Wildman–Crippen MR) is 123 cm³/mol. The molecular weight excluding hydrogens is 428 g/mol. The lowest BCUT2D eigenvalue weighted by Crippen LogP contribution is -2.36. The summed E-state index contributed by atoms with van der Waals surface area (Å²) in [5, 5.41) is 5.01. The maximum atomic E-state index is 12.2. The maximum absolute atomic E-state index is 12.2. The van der Waals surface area contributed by atoms with Crippen LogP contribution in [0.5, 0.6) is 0 Å². The number of nitrogens with zero attached hydrogens (tertiary/aromatic N) is 3. The van der Waals surface area contributed by atoms with Crippen molar-refractivity contribution in [2.24, 2.45) is 0 Å². The van der Waals surface area contributed by atoms with Gasteiger partial charge in [0.1, 0.15) is 5.82 Å². The molecule has 1 amide bonds. The Morgan fingerprint density at radius 2 is 1.94 bits per heavy atom. The van der Waals surface area contributed by atoms with Gasteiger partial charge in [0.05, 0.1) is 24.5 Å². The summed E-state index contributed by atoms with van der Waals surface area (Å²) in [5.41, 5.74) is 3.32. The molecule has 9 heteroatoms. The minimum Gasteiger partial charge on any atom is -0.452 e. The third kappa shape index (κ3) is 5.49. The Bertz CT molecular complexity index is 1060. The molecule has 1 N–H and O–H groups in total. The predicted octanol–water partition coefficient (Wildman–Crippen LogP) is 3.40. The number of morpholine rings is 1. The van der Waals surface area contributed by atoms with E-state index in [9.17, 15) is 9.59 Å². The second-order valence-corrected chi connectivity index (χ2v) is 8.08. The van der Waals surface area contributed by atoms with Crippen molar-refractivity contribution in [2.75, 3.05) is 43.1 Å². The van der Waals surface area contributed by atoms with Crippen LogP contribution in [-0.4, -0.2) is 54.8 Å². The first kappa shape index (κ1) is 21.9. The van der Waals surface area contributed by atoms with Crippen LogP contribution in [0.15, 0.2) is 48.0 Å². The van der Waals surface area contributed by atoms with Gasteiger partial charge in [-0.2, -0.15) is 0 Å². The number of hydrogen-bond acceptors (Lipinski definition) is 8. The number of thiazole rings is 1. The molecule has 2 aromatic heterocycles. The van der Waals surface area contributed by atoms with E-state index in [4.69, 9.17) is 9.47 Å². The van der Waals surface area contributed by atoms with Gasteiger partial charge in [0.2, 0.25) is 0 Å². The fourth-order valence-electron chi connectivity index (χ4n) is 3.23. The number of aryl methyl sites for hydroxylation is 1. The van der Waals surface area contributed by atoms with Crippen LogP contribution in [0.2, 0.25) is 0 Å². The summed E-state index contributed by atoms with van der Waals surface area (Å²) >= 11 is 1.32. The van der Waals surface area contributed by atoms with Gasteiger partial charge < -0.3 is 14.4 Å². The van der Waals surface area contributed by atoms with Crippen LogP contribution in [0.4, 0.5) is 10.9 Å². The molecule has 0 radical (unpaired) electrons. The van der Waals surface area contributed by atoms with Crippen molar-refractivity contribution in [3.05, 3.63) is 59.1 Å². The van der Waals surface area contributed by atoms with Crippen molar-refractivity contribution in [1.29, 1.82) is 0 Å². The van der Waals surface area contributed by atoms with Crippen LogP contribution < -0.4 is 10.2 Å². The van der Waals surface area contributed by atoms with Crippen molar-refractivity contribution in [1.82, 2.24) is 9.97 Å². The first-order valence-electron chi connectivity index (χ1n) is 10.4. The van der Waals surface area contributed by atoms with E-state index >= 15 is 0 Å². The van der Waals surface area contributed by atoms with Crippen LogP contribution in [-0.2, 0) is 20.7 Å². The monoisotopic (exact) mass is 452 g/mol. The van der Waals surface area contributed by atoms with Crippen molar-refractivity contribution in [3.8, 4) is 11.3 Å². The Hall–Kier alpha value is -3.30. The van der Waals surface area contributed by atoms with E-state index in [1.165, 1.54) is 23.1 Å². The number of ether oxygens (including phenoxy) is 2. The molecule has 0 bridgehead atoms. The lowest BCUT2D eigenvalue weighted by Gasteiger charge is -2.27. The zero-order chi connectivity index (χ0) is 22.3. The highest BCUT2D eigenvalue weighted by Gasteiger charge is 2.15. The van der Waals surface area contributed by atoms with Crippen molar-refractivity contribution in [2.45, 2.75) is 13.3 Å². The summed E-state index contributed by atoms with van der Waals surface area (Å²) in [4.78, 5) is 35.3. The smallest absolute Gasteiger partial charge is 0.340 e. The summed E-state index contributed by atoms with van der Waals surface area (Å²) in [6, 6.07) is 11.6. The average Bonchev–Trinajstić information content (AvgIpc) is 3.31. The highest BCUT2D eigenvalue weighted by atomic mass is 32.1. The second kappa shape index (κ2) is 10.3. The Morgan fingerprint density at radius 3 is 2.62 bits per heavy atom. The number of rotatable bonds is 7. The van der Waals surface area contributed by atoms with Crippen LogP contribution in [0.25, 0.3) is 11.3 Å². The molecule has 1 saturated heterocycles. The number of nitrogens with one attached hydrogen (secondary N) is 1. The molecule has 4 rings (SSSR count).